The fourth-order valence-electron chi connectivity index (χ4n) is 2.33. The molecular formula is C18H24N2O. The number of aryl methyl sites for hydroxylation is 2. The molecule has 0 radical (unpaired) electrons. The highest BCUT2D eigenvalue weighted by Crippen LogP contribution is 2.28. The third-order valence-electron chi connectivity index (χ3n) is 3.82. The van der Waals surface area contributed by atoms with Gasteiger partial charge in [0.15, 0.2) is 0 Å². The van der Waals surface area contributed by atoms with Crippen LogP contribution in [0.1, 0.15) is 29.7 Å². The Hall–Kier alpha value is -2.16. The SMILES string of the molecule is Cc1cc(NC(C)c2ccc(N(C)C)cc2)c(C)cc1O. The number of hydrogen-bond donors (Lipinski definition) is 2. The predicted molar refractivity (Wildman–Crippen MR) is 90.4 cm³/mol. The van der Waals surface area contributed by atoms with Gasteiger partial charge in [-0.05, 0) is 61.7 Å². The second-order valence-electron chi connectivity index (χ2n) is 5.81. The summed E-state index contributed by atoms with van der Waals surface area (Å²) in [5.74, 6) is 0.348. The maximum atomic E-state index is 9.73. The van der Waals surface area contributed by atoms with Crippen LogP contribution in [0.2, 0.25) is 0 Å². The van der Waals surface area contributed by atoms with Crippen molar-refractivity contribution in [3.63, 3.8) is 0 Å². The summed E-state index contributed by atoms with van der Waals surface area (Å²) in [5, 5.41) is 13.2. The average Bonchev–Trinajstić information content (AvgIpc) is 2.44. The van der Waals surface area contributed by atoms with Gasteiger partial charge in [-0.2, -0.15) is 0 Å². The number of rotatable bonds is 4. The van der Waals surface area contributed by atoms with Crippen molar-refractivity contribution in [2.45, 2.75) is 26.8 Å². The number of hydrogen-bond acceptors (Lipinski definition) is 3. The molecule has 1 atom stereocenters. The molecule has 2 N–H and O–H groups in total. The van der Waals surface area contributed by atoms with Gasteiger partial charge in [-0.1, -0.05) is 12.1 Å². The Morgan fingerprint density at radius 3 is 2.19 bits per heavy atom. The number of phenolic OH excluding ortho intramolecular Hbond substituents is 1. The number of anilines is 2. The number of nitrogens with zero attached hydrogens (tertiary/aromatic N) is 1. The second kappa shape index (κ2) is 6.08. The van der Waals surface area contributed by atoms with Gasteiger partial charge in [-0.3, -0.25) is 0 Å². The molecule has 0 aliphatic rings. The number of benzene rings is 2. The molecule has 0 aliphatic heterocycles. The van der Waals surface area contributed by atoms with Gasteiger partial charge in [-0.25, -0.2) is 0 Å². The van der Waals surface area contributed by atoms with E-state index in [1.807, 2.05) is 34.0 Å². The van der Waals surface area contributed by atoms with Crippen molar-refractivity contribution in [2.24, 2.45) is 0 Å². The normalized spacial score (nSPS) is 12.0. The van der Waals surface area contributed by atoms with E-state index in [1.54, 1.807) is 6.07 Å². The standard InChI is InChI=1S/C18H24N2O/c1-12-11-18(21)13(2)10-17(12)19-14(3)15-6-8-16(9-7-15)20(4)5/h6-11,14,19,21H,1-5H3. The van der Waals surface area contributed by atoms with Gasteiger partial charge in [0.25, 0.3) is 0 Å². The summed E-state index contributed by atoms with van der Waals surface area (Å²) in [6, 6.07) is 12.6. The third-order valence-corrected chi connectivity index (χ3v) is 3.82. The molecule has 2 aromatic rings. The maximum absolute atomic E-state index is 9.73. The van der Waals surface area contributed by atoms with Gasteiger partial charge in [0, 0.05) is 31.5 Å². The first-order valence-electron chi connectivity index (χ1n) is 7.22. The quantitative estimate of drug-likeness (QED) is 0.824. The van der Waals surface area contributed by atoms with Gasteiger partial charge in [0.05, 0.1) is 0 Å². The molecule has 3 heteroatoms. The molecule has 2 rings (SSSR count). The van der Waals surface area contributed by atoms with Gasteiger partial charge in [-0.15, -0.1) is 0 Å². The predicted octanol–water partition coefficient (Wildman–Crippen LogP) is 4.25. The second-order valence-corrected chi connectivity index (χ2v) is 5.81. The van der Waals surface area contributed by atoms with Crippen LogP contribution >= 0.6 is 0 Å². The molecule has 0 aliphatic carbocycles. The first-order chi connectivity index (χ1) is 9.88. The minimum Gasteiger partial charge on any atom is -0.508 e. The van der Waals surface area contributed by atoms with Crippen molar-refractivity contribution in [2.75, 3.05) is 24.3 Å². The van der Waals surface area contributed by atoms with E-state index < -0.39 is 0 Å². The maximum Gasteiger partial charge on any atom is 0.118 e. The minimum absolute atomic E-state index is 0.212. The molecule has 1 unspecified atom stereocenters. The van der Waals surface area contributed by atoms with Crippen molar-refractivity contribution < 1.29 is 5.11 Å². The molecule has 0 saturated carbocycles. The van der Waals surface area contributed by atoms with E-state index in [1.165, 1.54) is 11.3 Å². The van der Waals surface area contributed by atoms with Gasteiger partial charge in [0.2, 0.25) is 0 Å². The van der Waals surface area contributed by atoms with Crippen molar-refractivity contribution in [3.8, 4) is 5.75 Å². The molecular weight excluding hydrogens is 260 g/mol. The Morgan fingerprint density at radius 2 is 1.62 bits per heavy atom. The average molecular weight is 284 g/mol. The van der Waals surface area contributed by atoms with E-state index in [-0.39, 0.29) is 6.04 Å². The molecule has 0 heterocycles. The lowest BCUT2D eigenvalue weighted by atomic mass is 10.1. The third kappa shape index (κ3) is 3.48. The highest BCUT2D eigenvalue weighted by Gasteiger charge is 2.09. The summed E-state index contributed by atoms with van der Waals surface area (Å²) in [6.45, 7) is 6.06. The summed E-state index contributed by atoms with van der Waals surface area (Å²) in [5.41, 5.74) is 5.44. The van der Waals surface area contributed by atoms with Crippen LogP contribution in [-0.4, -0.2) is 19.2 Å². The molecule has 0 spiro atoms. The summed E-state index contributed by atoms with van der Waals surface area (Å²) in [6.07, 6.45) is 0. The molecule has 0 aromatic heterocycles. The molecule has 112 valence electrons. The van der Waals surface area contributed by atoms with Gasteiger partial charge in [0.1, 0.15) is 5.75 Å². The molecule has 0 amide bonds. The Balaban J connectivity index is 2.17. The fraction of sp³-hybridized carbons (Fsp3) is 0.333. The van der Waals surface area contributed by atoms with Crippen LogP contribution < -0.4 is 10.2 Å². The number of phenols is 1. The zero-order valence-electron chi connectivity index (χ0n) is 13.4. The molecule has 0 fully saturated rings. The molecule has 0 saturated heterocycles. The first kappa shape index (κ1) is 15.2. The van der Waals surface area contributed by atoms with Gasteiger partial charge >= 0.3 is 0 Å². The molecule has 0 bridgehead atoms. The molecule has 21 heavy (non-hydrogen) atoms. The van der Waals surface area contributed by atoms with E-state index in [2.05, 4.69) is 41.4 Å². The van der Waals surface area contributed by atoms with Crippen LogP contribution in [0.4, 0.5) is 11.4 Å². The van der Waals surface area contributed by atoms with Crippen LogP contribution in [-0.2, 0) is 0 Å². The lowest BCUT2D eigenvalue weighted by Crippen LogP contribution is -2.10. The highest BCUT2D eigenvalue weighted by atomic mass is 16.3. The minimum atomic E-state index is 0.212. The van der Waals surface area contributed by atoms with Crippen molar-refractivity contribution in [1.82, 2.24) is 0 Å². The van der Waals surface area contributed by atoms with Crippen LogP contribution in [0.5, 0.6) is 5.75 Å². The van der Waals surface area contributed by atoms with Crippen LogP contribution in [0.25, 0.3) is 0 Å². The van der Waals surface area contributed by atoms with E-state index in [9.17, 15) is 5.11 Å². The van der Waals surface area contributed by atoms with Crippen LogP contribution in [0, 0.1) is 13.8 Å². The number of aromatic hydroxyl groups is 1. The zero-order chi connectivity index (χ0) is 15.6. The lowest BCUT2D eigenvalue weighted by Gasteiger charge is -2.20. The number of nitrogens with one attached hydrogen (secondary N) is 1. The summed E-state index contributed by atoms with van der Waals surface area (Å²) >= 11 is 0. The fourth-order valence-corrected chi connectivity index (χ4v) is 2.33. The van der Waals surface area contributed by atoms with Gasteiger partial charge < -0.3 is 15.3 Å². The monoisotopic (exact) mass is 284 g/mol. The largest absolute Gasteiger partial charge is 0.508 e. The Morgan fingerprint density at radius 1 is 1.00 bits per heavy atom. The van der Waals surface area contributed by atoms with E-state index in [0.29, 0.717) is 5.75 Å². The van der Waals surface area contributed by atoms with Crippen LogP contribution in [0.3, 0.4) is 0 Å². The Labute approximate surface area is 127 Å². The van der Waals surface area contributed by atoms with Crippen molar-refractivity contribution >= 4 is 11.4 Å². The molecule has 2 aromatic carbocycles. The summed E-state index contributed by atoms with van der Waals surface area (Å²) in [7, 11) is 4.08. The van der Waals surface area contributed by atoms with Crippen molar-refractivity contribution in [3.05, 3.63) is 53.1 Å². The summed E-state index contributed by atoms with van der Waals surface area (Å²) < 4.78 is 0. The van der Waals surface area contributed by atoms with Crippen LogP contribution in [0.15, 0.2) is 36.4 Å². The molecule has 3 nitrogen and oxygen atoms in total. The van der Waals surface area contributed by atoms with Crippen molar-refractivity contribution in [1.29, 1.82) is 0 Å². The Bertz CT molecular complexity index is 618. The lowest BCUT2D eigenvalue weighted by molar-refractivity contribution is 0.470. The smallest absolute Gasteiger partial charge is 0.118 e. The Kier molecular flexibility index (Phi) is 4.41. The van der Waals surface area contributed by atoms with E-state index in [4.69, 9.17) is 0 Å². The van der Waals surface area contributed by atoms with E-state index >= 15 is 0 Å². The first-order valence-corrected chi connectivity index (χ1v) is 7.22. The zero-order valence-corrected chi connectivity index (χ0v) is 13.4. The highest BCUT2D eigenvalue weighted by molar-refractivity contribution is 5.58. The summed E-state index contributed by atoms with van der Waals surface area (Å²) in [4.78, 5) is 2.09. The topological polar surface area (TPSA) is 35.5 Å². The van der Waals surface area contributed by atoms with E-state index in [0.717, 1.165) is 16.8 Å².